The third-order valence-electron chi connectivity index (χ3n) is 2.05. The fourth-order valence-electron chi connectivity index (χ4n) is 1.28. The lowest BCUT2D eigenvalue weighted by Gasteiger charge is -2.12. The number of rotatable bonds is 5. The Morgan fingerprint density at radius 2 is 2.33 bits per heavy atom. The Morgan fingerprint density at radius 1 is 1.67 bits per heavy atom. The van der Waals surface area contributed by atoms with Crippen LogP contribution >= 0.6 is 0 Å². The third-order valence-corrected chi connectivity index (χ3v) is 2.99. The third kappa shape index (κ3) is 3.61. The van der Waals surface area contributed by atoms with Crippen molar-refractivity contribution in [3.05, 3.63) is 18.0 Å². The molecule has 1 rings (SSSR count). The zero-order valence-electron chi connectivity index (χ0n) is 8.84. The summed E-state index contributed by atoms with van der Waals surface area (Å²) in [6, 6.07) is -0.403. The van der Waals surface area contributed by atoms with Gasteiger partial charge in [-0.05, 0) is 6.92 Å². The minimum Gasteiger partial charge on any atom is -0.273 e. The van der Waals surface area contributed by atoms with Crippen molar-refractivity contribution in [2.24, 2.45) is 5.84 Å². The van der Waals surface area contributed by atoms with Crippen LogP contribution in [0.2, 0.25) is 0 Å². The average Bonchev–Trinajstić information content (AvgIpc) is 2.60. The molecular weight excluding hydrogens is 216 g/mol. The van der Waals surface area contributed by atoms with Crippen LogP contribution in [0.25, 0.3) is 0 Å². The maximum Gasteiger partial charge on any atom is 0.149 e. The van der Waals surface area contributed by atoms with Gasteiger partial charge in [0, 0.05) is 24.6 Å². The van der Waals surface area contributed by atoms with E-state index in [4.69, 9.17) is 5.84 Å². The zero-order chi connectivity index (χ0) is 11.5. The normalized spacial score (nSPS) is 14.1. The van der Waals surface area contributed by atoms with Gasteiger partial charge in [0.25, 0.3) is 0 Å². The van der Waals surface area contributed by atoms with Gasteiger partial charge >= 0.3 is 0 Å². The van der Waals surface area contributed by atoms with Gasteiger partial charge in [0.1, 0.15) is 9.84 Å². The predicted octanol–water partition coefficient (Wildman–Crippen LogP) is -0.548. The Kier molecular flexibility index (Phi) is 3.83. The van der Waals surface area contributed by atoms with Crippen molar-refractivity contribution in [3.8, 4) is 0 Å². The molecule has 0 saturated carbocycles. The molecule has 15 heavy (non-hydrogen) atoms. The maximum absolute atomic E-state index is 11.1. The van der Waals surface area contributed by atoms with Crippen LogP contribution in [0, 0.1) is 0 Å². The largest absolute Gasteiger partial charge is 0.273 e. The molecule has 0 fully saturated rings. The van der Waals surface area contributed by atoms with Crippen LogP contribution in [-0.4, -0.2) is 30.2 Å². The Morgan fingerprint density at radius 3 is 2.73 bits per heavy atom. The second kappa shape index (κ2) is 4.73. The number of aromatic nitrogens is 2. The van der Waals surface area contributed by atoms with Crippen LogP contribution in [0.15, 0.2) is 12.4 Å². The first-order valence-electron chi connectivity index (χ1n) is 4.62. The summed E-state index contributed by atoms with van der Waals surface area (Å²) in [4.78, 5) is 0. The van der Waals surface area contributed by atoms with Crippen LogP contribution in [0.1, 0.15) is 18.5 Å². The summed E-state index contributed by atoms with van der Waals surface area (Å²) < 4.78 is 24.0. The average molecular weight is 232 g/mol. The van der Waals surface area contributed by atoms with Crippen LogP contribution in [-0.2, 0) is 16.4 Å². The second-order valence-corrected chi connectivity index (χ2v) is 5.63. The maximum atomic E-state index is 11.1. The lowest BCUT2D eigenvalue weighted by Crippen LogP contribution is -2.32. The molecule has 0 bridgehead atoms. The smallest absolute Gasteiger partial charge is 0.149 e. The molecule has 1 unspecified atom stereocenters. The molecule has 0 radical (unpaired) electrons. The fourth-order valence-corrected chi connectivity index (χ4v) is 2.17. The second-order valence-electron chi connectivity index (χ2n) is 3.44. The predicted molar refractivity (Wildman–Crippen MR) is 57.7 cm³/mol. The molecule has 0 saturated heterocycles. The molecule has 1 aromatic heterocycles. The van der Waals surface area contributed by atoms with Gasteiger partial charge in [-0.3, -0.25) is 16.0 Å². The van der Waals surface area contributed by atoms with Crippen LogP contribution < -0.4 is 11.3 Å². The highest BCUT2D eigenvalue weighted by Crippen LogP contribution is 2.12. The molecule has 1 heterocycles. The van der Waals surface area contributed by atoms with E-state index in [0.717, 1.165) is 12.1 Å². The van der Waals surface area contributed by atoms with Crippen molar-refractivity contribution < 1.29 is 8.42 Å². The van der Waals surface area contributed by atoms with E-state index in [1.54, 1.807) is 17.1 Å². The number of nitrogens with zero attached hydrogens (tertiary/aromatic N) is 2. The Labute approximate surface area is 89.3 Å². The fraction of sp³-hybridized carbons (Fsp3) is 0.625. The molecule has 0 aliphatic heterocycles. The minimum atomic E-state index is -3.06. The first-order chi connectivity index (χ1) is 6.96. The Balaban J connectivity index is 2.83. The summed E-state index contributed by atoms with van der Waals surface area (Å²) in [6.07, 6.45) is 4.59. The number of hydrogen-bond donors (Lipinski definition) is 2. The summed E-state index contributed by atoms with van der Waals surface area (Å²) in [7, 11) is -3.06. The van der Waals surface area contributed by atoms with Gasteiger partial charge in [0.2, 0.25) is 0 Å². The van der Waals surface area contributed by atoms with Crippen molar-refractivity contribution in [3.63, 3.8) is 0 Å². The van der Waals surface area contributed by atoms with E-state index in [9.17, 15) is 8.42 Å². The van der Waals surface area contributed by atoms with Crippen molar-refractivity contribution in [2.45, 2.75) is 19.5 Å². The molecule has 0 amide bonds. The van der Waals surface area contributed by atoms with Crippen molar-refractivity contribution in [1.82, 2.24) is 15.2 Å². The quantitative estimate of drug-likeness (QED) is 0.525. The van der Waals surface area contributed by atoms with Gasteiger partial charge in [0.15, 0.2) is 0 Å². The first kappa shape index (κ1) is 12.2. The Bertz CT molecular complexity index is 412. The van der Waals surface area contributed by atoms with E-state index in [0.29, 0.717) is 0 Å². The van der Waals surface area contributed by atoms with E-state index < -0.39 is 15.9 Å². The molecule has 7 heteroatoms. The minimum absolute atomic E-state index is 0.0289. The Hall–Kier alpha value is -0.920. The molecule has 0 aromatic carbocycles. The molecule has 0 aliphatic carbocycles. The highest BCUT2D eigenvalue weighted by atomic mass is 32.2. The summed E-state index contributed by atoms with van der Waals surface area (Å²) in [5, 5.41) is 4.06. The van der Waals surface area contributed by atoms with E-state index in [-0.39, 0.29) is 5.75 Å². The van der Waals surface area contributed by atoms with Crippen LogP contribution in [0.4, 0.5) is 0 Å². The van der Waals surface area contributed by atoms with Gasteiger partial charge in [-0.2, -0.15) is 5.10 Å². The lowest BCUT2D eigenvalue weighted by molar-refractivity contribution is 0.563. The molecule has 1 atom stereocenters. The summed E-state index contributed by atoms with van der Waals surface area (Å²) in [5.41, 5.74) is 3.26. The summed E-state index contributed by atoms with van der Waals surface area (Å²) in [5.74, 6) is 5.28. The zero-order valence-corrected chi connectivity index (χ0v) is 9.66. The number of sulfone groups is 1. The highest BCUT2D eigenvalue weighted by Gasteiger charge is 2.17. The van der Waals surface area contributed by atoms with Crippen molar-refractivity contribution in [1.29, 1.82) is 0 Å². The molecule has 86 valence electrons. The number of nitrogens with two attached hydrogens (primary N) is 1. The summed E-state index contributed by atoms with van der Waals surface area (Å²) >= 11 is 0. The summed E-state index contributed by atoms with van der Waals surface area (Å²) in [6.45, 7) is 2.70. The molecule has 6 nitrogen and oxygen atoms in total. The van der Waals surface area contributed by atoms with E-state index in [1.807, 2.05) is 6.92 Å². The van der Waals surface area contributed by atoms with E-state index in [2.05, 4.69) is 10.5 Å². The molecule has 3 N–H and O–H groups in total. The number of aryl methyl sites for hydroxylation is 1. The van der Waals surface area contributed by atoms with Gasteiger partial charge in [-0.1, -0.05) is 0 Å². The number of hydrazine groups is 1. The monoisotopic (exact) mass is 232 g/mol. The first-order valence-corrected chi connectivity index (χ1v) is 6.68. The lowest BCUT2D eigenvalue weighted by atomic mass is 10.2. The molecular formula is C8H16N4O2S. The topological polar surface area (TPSA) is 90.0 Å². The molecule has 1 aromatic rings. The molecule has 0 spiro atoms. The molecule has 0 aliphatic rings. The van der Waals surface area contributed by atoms with E-state index >= 15 is 0 Å². The van der Waals surface area contributed by atoms with Gasteiger partial charge in [-0.15, -0.1) is 0 Å². The SMILES string of the molecule is CCn1cc(C(CS(C)(=O)=O)NN)cn1. The van der Waals surface area contributed by atoms with Crippen LogP contribution in [0.3, 0.4) is 0 Å². The van der Waals surface area contributed by atoms with Gasteiger partial charge < -0.3 is 0 Å². The van der Waals surface area contributed by atoms with Crippen molar-refractivity contribution in [2.75, 3.05) is 12.0 Å². The van der Waals surface area contributed by atoms with Gasteiger partial charge in [-0.25, -0.2) is 8.42 Å². The standard InChI is InChI=1S/C8H16N4O2S/c1-3-12-5-7(4-10-12)8(11-9)6-15(2,13)14/h4-5,8,11H,3,6,9H2,1-2H3. The highest BCUT2D eigenvalue weighted by molar-refractivity contribution is 7.90. The van der Waals surface area contributed by atoms with E-state index in [1.165, 1.54) is 6.26 Å². The van der Waals surface area contributed by atoms with Gasteiger partial charge in [0.05, 0.1) is 18.0 Å². The van der Waals surface area contributed by atoms with Crippen LogP contribution in [0.5, 0.6) is 0 Å². The van der Waals surface area contributed by atoms with Crippen molar-refractivity contribution >= 4 is 9.84 Å². The number of nitrogens with one attached hydrogen (secondary N) is 1. The number of hydrogen-bond acceptors (Lipinski definition) is 5.